The van der Waals surface area contributed by atoms with Crippen molar-refractivity contribution in [3.8, 4) is 0 Å². The Labute approximate surface area is 162 Å². The summed E-state index contributed by atoms with van der Waals surface area (Å²) in [5.41, 5.74) is 9.36. The number of nitrogen functional groups attached to an aromatic ring is 1. The molecule has 0 radical (unpaired) electrons. The van der Waals surface area contributed by atoms with Gasteiger partial charge in [-0.1, -0.05) is 48.5 Å². The summed E-state index contributed by atoms with van der Waals surface area (Å²) in [6, 6.07) is 23.6. The predicted molar refractivity (Wildman–Crippen MR) is 109 cm³/mol. The molecule has 0 aliphatic carbocycles. The molecule has 0 spiro atoms. The molecule has 0 saturated carbocycles. The lowest BCUT2D eigenvalue weighted by molar-refractivity contribution is 0.0942. The lowest BCUT2D eigenvalue weighted by atomic mass is 10.2. The molecular formula is C23H20FN3O. The lowest BCUT2D eigenvalue weighted by Crippen LogP contribution is -2.25. The molecule has 4 aromatic rings. The molecule has 0 atom stereocenters. The molecule has 4 rings (SSSR count). The Hall–Kier alpha value is -3.60. The van der Waals surface area contributed by atoms with Crippen molar-refractivity contribution in [1.82, 2.24) is 9.88 Å². The molecule has 4 nitrogen and oxygen atoms in total. The molecular weight excluding hydrogens is 353 g/mol. The maximum Gasteiger partial charge on any atom is 0.268 e. The van der Waals surface area contributed by atoms with Gasteiger partial charge in [0.2, 0.25) is 0 Å². The van der Waals surface area contributed by atoms with E-state index >= 15 is 0 Å². The van der Waals surface area contributed by atoms with E-state index in [1.165, 1.54) is 6.07 Å². The van der Waals surface area contributed by atoms with E-state index in [0.717, 1.165) is 16.5 Å². The maximum atomic E-state index is 14.2. The first kappa shape index (κ1) is 17.8. The van der Waals surface area contributed by atoms with E-state index in [-0.39, 0.29) is 18.3 Å². The van der Waals surface area contributed by atoms with Crippen LogP contribution >= 0.6 is 0 Å². The zero-order valence-electron chi connectivity index (χ0n) is 15.2. The summed E-state index contributed by atoms with van der Waals surface area (Å²) in [6.45, 7) is 0.678. The number of aromatic nitrogens is 1. The Bertz CT molecular complexity index is 1140. The van der Waals surface area contributed by atoms with Gasteiger partial charge in [-0.05, 0) is 35.9 Å². The molecule has 0 fully saturated rings. The van der Waals surface area contributed by atoms with Gasteiger partial charge in [0.15, 0.2) is 0 Å². The number of fused-ring (bicyclic) bond motifs is 1. The third-order valence-corrected chi connectivity index (χ3v) is 4.74. The predicted octanol–water partition coefficient (Wildman–Crippen LogP) is 4.34. The second-order valence-electron chi connectivity index (χ2n) is 6.69. The Morgan fingerprint density at radius 1 is 0.964 bits per heavy atom. The lowest BCUT2D eigenvalue weighted by Gasteiger charge is -2.12. The third-order valence-electron chi connectivity index (χ3n) is 4.74. The van der Waals surface area contributed by atoms with Crippen LogP contribution in [0.15, 0.2) is 78.9 Å². The first-order chi connectivity index (χ1) is 13.6. The number of hydrogen-bond donors (Lipinski definition) is 2. The van der Waals surface area contributed by atoms with Gasteiger partial charge in [0.1, 0.15) is 11.5 Å². The minimum Gasteiger partial charge on any atom is -0.399 e. The van der Waals surface area contributed by atoms with Gasteiger partial charge in [0, 0.05) is 28.7 Å². The summed E-state index contributed by atoms with van der Waals surface area (Å²) >= 11 is 0. The summed E-state index contributed by atoms with van der Waals surface area (Å²) in [7, 11) is 0. The summed E-state index contributed by atoms with van der Waals surface area (Å²) in [5, 5.41) is 3.80. The van der Waals surface area contributed by atoms with Crippen LogP contribution in [0.25, 0.3) is 10.9 Å². The van der Waals surface area contributed by atoms with Crippen molar-refractivity contribution in [3.63, 3.8) is 0 Å². The summed E-state index contributed by atoms with van der Waals surface area (Å²) in [6.07, 6.45) is 0. The van der Waals surface area contributed by atoms with Crippen LogP contribution in [0.3, 0.4) is 0 Å². The smallest absolute Gasteiger partial charge is 0.268 e. The van der Waals surface area contributed by atoms with Crippen LogP contribution in [0, 0.1) is 5.82 Å². The van der Waals surface area contributed by atoms with Crippen LogP contribution in [0.1, 0.15) is 21.6 Å². The highest BCUT2D eigenvalue weighted by Crippen LogP contribution is 2.24. The average molecular weight is 373 g/mol. The molecule has 0 aliphatic heterocycles. The monoisotopic (exact) mass is 373 g/mol. The quantitative estimate of drug-likeness (QED) is 0.511. The third kappa shape index (κ3) is 3.60. The van der Waals surface area contributed by atoms with Crippen LogP contribution in [-0.2, 0) is 13.1 Å². The van der Waals surface area contributed by atoms with E-state index in [4.69, 9.17) is 5.73 Å². The number of halogens is 1. The second kappa shape index (κ2) is 7.56. The molecule has 3 N–H and O–H groups in total. The van der Waals surface area contributed by atoms with Crippen molar-refractivity contribution >= 4 is 22.5 Å². The molecule has 0 aliphatic rings. The molecule has 1 heterocycles. The molecule has 1 aromatic heterocycles. The van der Waals surface area contributed by atoms with Gasteiger partial charge in [-0.2, -0.15) is 0 Å². The highest BCUT2D eigenvalue weighted by atomic mass is 19.1. The SMILES string of the molecule is Nc1ccc2c(c1)cc(C(=O)NCc1ccccc1)n2Cc1ccccc1F. The number of anilines is 1. The topological polar surface area (TPSA) is 60.1 Å². The van der Waals surface area contributed by atoms with Crippen molar-refractivity contribution in [2.45, 2.75) is 13.1 Å². The second-order valence-corrected chi connectivity index (χ2v) is 6.69. The Morgan fingerprint density at radius 2 is 1.71 bits per heavy atom. The van der Waals surface area contributed by atoms with Crippen molar-refractivity contribution in [1.29, 1.82) is 0 Å². The number of hydrogen-bond acceptors (Lipinski definition) is 2. The van der Waals surface area contributed by atoms with Gasteiger partial charge in [0.25, 0.3) is 5.91 Å². The van der Waals surface area contributed by atoms with Gasteiger partial charge in [-0.25, -0.2) is 4.39 Å². The minimum absolute atomic E-state index is 0.213. The summed E-state index contributed by atoms with van der Waals surface area (Å²) in [4.78, 5) is 12.9. The van der Waals surface area contributed by atoms with Crippen molar-refractivity contribution < 1.29 is 9.18 Å². The zero-order valence-corrected chi connectivity index (χ0v) is 15.2. The van der Waals surface area contributed by atoms with E-state index in [2.05, 4.69) is 5.32 Å². The van der Waals surface area contributed by atoms with E-state index in [1.807, 2.05) is 47.0 Å². The maximum absolute atomic E-state index is 14.2. The Balaban J connectivity index is 1.70. The largest absolute Gasteiger partial charge is 0.399 e. The number of carbonyl (C=O) groups excluding carboxylic acids is 1. The number of nitrogens with one attached hydrogen (secondary N) is 1. The van der Waals surface area contributed by atoms with Gasteiger partial charge >= 0.3 is 0 Å². The number of amides is 1. The summed E-state index contributed by atoms with van der Waals surface area (Å²) < 4.78 is 16.0. The van der Waals surface area contributed by atoms with E-state index < -0.39 is 0 Å². The van der Waals surface area contributed by atoms with Crippen molar-refractivity contribution in [3.05, 3.63) is 102 Å². The molecule has 0 unspecified atom stereocenters. The Morgan fingerprint density at radius 3 is 2.50 bits per heavy atom. The number of rotatable bonds is 5. The number of nitrogens with zero attached hydrogens (tertiary/aromatic N) is 1. The molecule has 28 heavy (non-hydrogen) atoms. The first-order valence-corrected chi connectivity index (χ1v) is 9.06. The molecule has 5 heteroatoms. The van der Waals surface area contributed by atoms with Gasteiger partial charge in [-0.15, -0.1) is 0 Å². The highest BCUT2D eigenvalue weighted by molar-refractivity contribution is 5.99. The molecule has 0 saturated heterocycles. The van der Waals surface area contributed by atoms with Gasteiger partial charge in [0.05, 0.1) is 6.54 Å². The average Bonchev–Trinajstić information content (AvgIpc) is 3.06. The standard InChI is InChI=1S/C23H20FN3O/c24-20-9-5-4-8-17(20)15-27-21-11-10-19(25)12-18(21)13-22(27)23(28)26-14-16-6-2-1-3-7-16/h1-13H,14-15,25H2,(H,26,28). The van der Waals surface area contributed by atoms with E-state index in [0.29, 0.717) is 23.5 Å². The number of benzene rings is 3. The first-order valence-electron chi connectivity index (χ1n) is 9.06. The molecule has 0 bridgehead atoms. The van der Waals surface area contributed by atoms with Gasteiger partial charge < -0.3 is 15.6 Å². The van der Waals surface area contributed by atoms with Crippen molar-refractivity contribution in [2.24, 2.45) is 0 Å². The van der Waals surface area contributed by atoms with E-state index in [1.54, 1.807) is 30.3 Å². The fourth-order valence-corrected chi connectivity index (χ4v) is 3.31. The van der Waals surface area contributed by atoms with Crippen molar-refractivity contribution in [2.75, 3.05) is 5.73 Å². The van der Waals surface area contributed by atoms with Crippen LogP contribution in [0.5, 0.6) is 0 Å². The van der Waals surface area contributed by atoms with Gasteiger partial charge in [-0.3, -0.25) is 4.79 Å². The number of nitrogens with two attached hydrogens (primary N) is 1. The van der Waals surface area contributed by atoms with Crippen LogP contribution in [-0.4, -0.2) is 10.5 Å². The normalized spacial score (nSPS) is 10.9. The van der Waals surface area contributed by atoms with Crippen LogP contribution in [0.4, 0.5) is 10.1 Å². The number of carbonyl (C=O) groups is 1. The van der Waals surface area contributed by atoms with Crippen LogP contribution in [0.2, 0.25) is 0 Å². The van der Waals surface area contributed by atoms with E-state index in [9.17, 15) is 9.18 Å². The minimum atomic E-state index is -0.296. The molecule has 3 aromatic carbocycles. The molecule has 140 valence electrons. The zero-order chi connectivity index (χ0) is 19.5. The fraction of sp³-hybridized carbons (Fsp3) is 0.0870. The Kier molecular flexibility index (Phi) is 4.81. The fourth-order valence-electron chi connectivity index (χ4n) is 3.31. The van der Waals surface area contributed by atoms with Crippen LogP contribution < -0.4 is 11.1 Å². The molecule has 1 amide bonds. The summed E-state index contributed by atoms with van der Waals surface area (Å²) in [5.74, 6) is -0.509. The highest BCUT2D eigenvalue weighted by Gasteiger charge is 2.17.